The van der Waals surface area contributed by atoms with Crippen LogP contribution in [0.5, 0.6) is 0 Å². The molecule has 0 bridgehead atoms. The molecule has 0 spiro atoms. The number of carbonyl (C=O) groups is 3. The fourth-order valence-electron chi connectivity index (χ4n) is 1.62. The van der Waals surface area contributed by atoms with Crippen molar-refractivity contribution in [3.8, 4) is 0 Å². The number of primary amides is 1. The Balaban J connectivity index is 0.000000225. The minimum Gasteiger partial charge on any atom is -0.478 e. The number of nitrogens with two attached hydrogens (primary N) is 1. The first-order valence-electron chi connectivity index (χ1n) is 7.67. The highest BCUT2D eigenvalue weighted by molar-refractivity contribution is 14.1. The van der Waals surface area contributed by atoms with E-state index in [0.717, 1.165) is 7.40 Å². The Morgan fingerprint density at radius 2 is 1.13 bits per heavy atom. The van der Waals surface area contributed by atoms with Crippen molar-refractivity contribution >= 4 is 96.5 Å². The van der Waals surface area contributed by atoms with Crippen LogP contribution in [0, 0.1) is 11.1 Å². The summed E-state index contributed by atoms with van der Waals surface area (Å²) in [6.45, 7) is 0. The molecule has 0 unspecified atom stereocenters. The molecular weight excluding hydrogens is 752 g/mol. The Morgan fingerprint density at radius 3 is 1.40 bits per heavy atom. The lowest BCUT2D eigenvalue weighted by molar-refractivity contribution is 0.0696. The van der Waals surface area contributed by atoms with Gasteiger partial charge in [0, 0.05) is 29.7 Å². The van der Waals surface area contributed by atoms with E-state index in [1.165, 1.54) is 18.3 Å². The van der Waals surface area contributed by atoms with Gasteiger partial charge in [-0.15, -0.1) is 0 Å². The molecule has 1 amide bonds. The van der Waals surface area contributed by atoms with E-state index in [2.05, 4.69) is 15.0 Å². The fourth-order valence-corrected chi connectivity index (χ4v) is 3.22. The van der Waals surface area contributed by atoms with Crippen LogP contribution in [0.2, 0.25) is 0 Å². The summed E-state index contributed by atoms with van der Waals surface area (Å²) in [5.74, 6) is -1.33. The Morgan fingerprint density at radius 1 is 0.767 bits per heavy atom. The Labute approximate surface area is 217 Å². The molecule has 0 fully saturated rings. The predicted molar refractivity (Wildman–Crippen MR) is 137 cm³/mol. The summed E-state index contributed by atoms with van der Waals surface area (Å²) in [5.41, 5.74) is 6.28. The summed E-state index contributed by atoms with van der Waals surface area (Å²) < 4.78 is 2.23. The van der Waals surface area contributed by atoms with Crippen molar-refractivity contribution < 1.29 is 19.5 Å². The molecule has 0 aliphatic carbocycles. The first kappa shape index (κ1) is 26.6. The van der Waals surface area contributed by atoms with Crippen LogP contribution >= 0.6 is 79.4 Å². The summed E-state index contributed by atoms with van der Waals surface area (Å²) >= 11 is 11.2. The normalized spacial score (nSPS) is 9.33. The van der Waals surface area contributed by atoms with Crippen LogP contribution in [-0.2, 0) is 0 Å². The number of nitrogens with zero attached hydrogens (tertiary/aromatic N) is 3. The van der Waals surface area contributed by atoms with Crippen molar-refractivity contribution in [3.63, 3.8) is 0 Å². The molecule has 3 aromatic rings. The van der Waals surface area contributed by atoms with Crippen molar-refractivity contribution in [2.75, 3.05) is 0 Å². The summed E-state index contributed by atoms with van der Waals surface area (Å²) in [4.78, 5) is 43.0. The van der Waals surface area contributed by atoms with Gasteiger partial charge in [0.15, 0.2) is 0 Å². The first-order chi connectivity index (χ1) is 14.1. The van der Waals surface area contributed by atoms with Gasteiger partial charge in [-0.1, -0.05) is 0 Å². The molecule has 0 radical (unpaired) electrons. The molecule has 0 aromatic carbocycles. The average molecular weight is 764 g/mol. The maximum Gasteiger partial charge on any atom is 0.335 e. The molecule has 3 N–H and O–H groups in total. The number of hydrogen-bond acceptors (Lipinski definition) is 6. The molecule has 0 atom stereocenters. The third kappa shape index (κ3) is 10.5. The number of hydrogen-bond donors (Lipinski definition) is 2. The molecule has 8 nitrogen and oxygen atoms in total. The van der Waals surface area contributed by atoms with Crippen molar-refractivity contribution in [3.05, 3.63) is 82.8 Å². The van der Waals surface area contributed by atoms with E-state index in [1.807, 2.05) is 67.8 Å². The van der Waals surface area contributed by atoms with Crippen LogP contribution < -0.4 is 5.73 Å². The Kier molecular flexibility index (Phi) is 12.2. The SMILES string of the molecule is NC(=O)c1ccnc(I)c1.O=C(Cl)c1ccnc(I)c1.O=C(O)c1ccnc(I)c1. The van der Waals surface area contributed by atoms with Crippen LogP contribution in [0.4, 0.5) is 0 Å². The standard InChI is InChI=1S/C6H3ClINO.C6H5IN2O.C6H4INO2/c7-6(10)4-1-2-9-5(8)3-4;7-5-3-4(6(8)10)1-2-9-5;7-5-3-4(6(9)10)1-2-8-5/h1-3H;1-3H,(H2,8,10);1-3H,(H,9,10). The second-order valence-corrected chi connectivity index (χ2v) is 8.70. The summed E-state index contributed by atoms with van der Waals surface area (Å²) in [6.07, 6.45) is 4.59. The maximum absolute atomic E-state index is 10.5. The van der Waals surface area contributed by atoms with Gasteiger partial charge in [0.05, 0.1) is 5.56 Å². The fraction of sp³-hybridized carbons (Fsp3) is 0. The zero-order chi connectivity index (χ0) is 22.7. The van der Waals surface area contributed by atoms with E-state index in [-0.39, 0.29) is 5.56 Å². The number of aromatic carboxylic acids is 1. The van der Waals surface area contributed by atoms with Crippen LogP contribution in [0.1, 0.15) is 31.1 Å². The number of carboxylic acids is 1. The highest BCUT2D eigenvalue weighted by Crippen LogP contribution is 2.06. The number of carboxylic acid groups (broad SMARTS) is 1. The van der Waals surface area contributed by atoms with Gasteiger partial charge in [-0.05, 0) is 116 Å². The number of aromatic nitrogens is 3. The van der Waals surface area contributed by atoms with E-state index >= 15 is 0 Å². The van der Waals surface area contributed by atoms with Crippen molar-refractivity contribution in [1.82, 2.24) is 15.0 Å². The molecule has 3 rings (SSSR count). The topological polar surface area (TPSA) is 136 Å². The van der Waals surface area contributed by atoms with Crippen molar-refractivity contribution in [1.29, 1.82) is 0 Å². The number of rotatable bonds is 3. The zero-order valence-electron chi connectivity index (χ0n) is 14.8. The lowest BCUT2D eigenvalue weighted by Crippen LogP contribution is -2.10. The molecule has 12 heteroatoms. The van der Waals surface area contributed by atoms with E-state index < -0.39 is 17.1 Å². The van der Waals surface area contributed by atoms with Crippen LogP contribution in [0.25, 0.3) is 0 Å². The molecule has 0 saturated heterocycles. The predicted octanol–water partition coefficient (Wildman–Crippen LogP) is 4.23. The molecule has 3 aromatic heterocycles. The molecule has 3 heterocycles. The van der Waals surface area contributed by atoms with E-state index in [0.29, 0.717) is 14.8 Å². The molecular formula is C18H12ClI3N4O4. The number of amides is 1. The van der Waals surface area contributed by atoms with Crippen LogP contribution in [0.3, 0.4) is 0 Å². The Bertz CT molecular complexity index is 921. The van der Waals surface area contributed by atoms with Gasteiger partial charge in [-0.2, -0.15) is 0 Å². The summed E-state index contributed by atoms with van der Waals surface area (Å²) in [7, 11) is 0. The van der Waals surface area contributed by atoms with Crippen LogP contribution in [-0.4, -0.2) is 37.2 Å². The van der Waals surface area contributed by atoms with Crippen molar-refractivity contribution in [2.24, 2.45) is 5.73 Å². The number of carbonyl (C=O) groups excluding carboxylic acids is 2. The van der Waals surface area contributed by atoms with Crippen LogP contribution in [0.15, 0.2) is 55.0 Å². The second-order valence-electron chi connectivity index (χ2n) is 5.04. The first-order valence-corrected chi connectivity index (χ1v) is 11.3. The quantitative estimate of drug-likeness (QED) is 0.232. The van der Waals surface area contributed by atoms with E-state index in [9.17, 15) is 14.4 Å². The lowest BCUT2D eigenvalue weighted by atomic mass is 10.3. The van der Waals surface area contributed by atoms with E-state index in [1.54, 1.807) is 36.7 Å². The van der Waals surface area contributed by atoms with Gasteiger partial charge >= 0.3 is 5.97 Å². The largest absolute Gasteiger partial charge is 0.478 e. The van der Waals surface area contributed by atoms with E-state index in [4.69, 9.17) is 22.4 Å². The van der Waals surface area contributed by atoms with Crippen molar-refractivity contribution in [2.45, 2.75) is 0 Å². The lowest BCUT2D eigenvalue weighted by Gasteiger charge is -1.92. The molecule has 156 valence electrons. The molecule has 0 aliphatic heterocycles. The number of pyridine rings is 3. The maximum atomic E-state index is 10.5. The minimum absolute atomic E-state index is 0.277. The average Bonchev–Trinajstić information content (AvgIpc) is 2.69. The van der Waals surface area contributed by atoms with Gasteiger partial charge in [0.2, 0.25) is 5.91 Å². The molecule has 30 heavy (non-hydrogen) atoms. The van der Waals surface area contributed by atoms with Gasteiger partial charge in [-0.3, -0.25) is 24.5 Å². The second kappa shape index (κ2) is 13.8. The third-order valence-corrected chi connectivity index (χ3v) is 4.93. The highest BCUT2D eigenvalue weighted by atomic mass is 127. The van der Waals surface area contributed by atoms with Gasteiger partial charge in [0.1, 0.15) is 11.1 Å². The van der Waals surface area contributed by atoms with Gasteiger partial charge in [-0.25, -0.2) is 4.79 Å². The summed E-state index contributed by atoms with van der Waals surface area (Å²) in [6, 6.07) is 9.42. The molecule has 0 saturated carbocycles. The highest BCUT2D eigenvalue weighted by Gasteiger charge is 2.01. The monoisotopic (exact) mass is 764 g/mol. The third-order valence-electron chi connectivity index (χ3n) is 2.94. The smallest absolute Gasteiger partial charge is 0.335 e. The zero-order valence-corrected chi connectivity index (χ0v) is 22.0. The summed E-state index contributed by atoms with van der Waals surface area (Å²) in [5, 5.41) is 8.03. The molecule has 0 aliphatic rings. The van der Waals surface area contributed by atoms with Gasteiger partial charge in [0.25, 0.3) is 5.24 Å². The van der Waals surface area contributed by atoms with Gasteiger partial charge < -0.3 is 10.8 Å². The minimum atomic E-state index is -0.916. The Hall–Kier alpha value is -1.46. The number of halogens is 4.